The lowest BCUT2D eigenvalue weighted by Crippen LogP contribution is -2.52. The highest BCUT2D eigenvalue weighted by molar-refractivity contribution is 4.88. The van der Waals surface area contributed by atoms with Gasteiger partial charge in [0.15, 0.2) is 0 Å². The molecule has 0 aromatic carbocycles. The van der Waals surface area contributed by atoms with Crippen molar-refractivity contribution in [1.82, 2.24) is 19.6 Å². The SMILES string of the molecule is CN1CCN(C)C(CCN2CCN(C3CC3)CC2)C1. The van der Waals surface area contributed by atoms with E-state index in [2.05, 4.69) is 33.7 Å². The minimum atomic E-state index is 0.764. The molecule has 0 aromatic rings. The minimum absolute atomic E-state index is 0.764. The summed E-state index contributed by atoms with van der Waals surface area (Å²) in [5.74, 6) is 0. The van der Waals surface area contributed by atoms with Crippen LogP contribution in [-0.4, -0.2) is 98.1 Å². The summed E-state index contributed by atoms with van der Waals surface area (Å²) >= 11 is 0. The van der Waals surface area contributed by atoms with Crippen molar-refractivity contribution in [1.29, 1.82) is 0 Å². The normalized spacial score (nSPS) is 32.8. The highest BCUT2D eigenvalue weighted by Gasteiger charge is 2.31. The molecule has 0 N–H and O–H groups in total. The van der Waals surface area contributed by atoms with Crippen LogP contribution in [0.4, 0.5) is 0 Å². The maximum Gasteiger partial charge on any atom is 0.0232 e. The molecule has 1 aliphatic carbocycles. The van der Waals surface area contributed by atoms with Gasteiger partial charge in [-0.2, -0.15) is 0 Å². The fraction of sp³-hybridized carbons (Fsp3) is 1.00. The highest BCUT2D eigenvalue weighted by Crippen LogP contribution is 2.27. The molecule has 0 spiro atoms. The molecule has 1 atom stereocenters. The van der Waals surface area contributed by atoms with Gasteiger partial charge in [-0.25, -0.2) is 0 Å². The average molecular weight is 266 g/mol. The molecule has 2 saturated heterocycles. The first-order valence-electron chi connectivity index (χ1n) is 8.07. The summed E-state index contributed by atoms with van der Waals surface area (Å²) in [5.41, 5.74) is 0. The van der Waals surface area contributed by atoms with Crippen molar-refractivity contribution in [3.05, 3.63) is 0 Å². The van der Waals surface area contributed by atoms with Crippen LogP contribution in [0.3, 0.4) is 0 Å². The van der Waals surface area contributed by atoms with Gasteiger partial charge < -0.3 is 14.7 Å². The van der Waals surface area contributed by atoms with Crippen molar-refractivity contribution in [2.24, 2.45) is 0 Å². The van der Waals surface area contributed by atoms with Crippen LogP contribution >= 0.6 is 0 Å². The van der Waals surface area contributed by atoms with Gasteiger partial charge in [0.1, 0.15) is 0 Å². The van der Waals surface area contributed by atoms with Crippen LogP contribution in [0.15, 0.2) is 0 Å². The standard InChI is InChI=1S/C15H30N4/c1-16-7-8-17(2)15(13-16)5-6-18-9-11-19(12-10-18)14-3-4-14/h14-15H,3-13H2,1-2H3. The first-order valence-corrected chi connectivity index (χ1v) is 8.07. The Morgan fingerprint density at radius 3 is 2.32 bits per heavy atom. The monoisotopic (exact) mass is 266 g/mol. The maximum absolute atomic E-state index is 2.71. The van der Waals surface area contributed by atoms with E-state index in [0.29, 0.717) is 0 Å². The number of hydrogen-bond acceptors (Lipinski definition) is 4. The number of likely N-dealkylation sites (N-methyl/N-ethyl adjacent to an activating group) is 2. The molecule has 2 heterocycles. The zero-order valence-electron chi connectivity index (χ0n) is 12.7. The van der Waals surface area contributed by atoms with Gasteiger partial charge >= 0.3 is 0 Å². The smallest absolute Gasteiger partial charge is 0.0232 e. The van der Waals surface area contributed by atoms with Crippen LogP contribution in [0.5, 0.6) is 0 Å². The Hall–Kier alpha value is -0.160. The molecule has 4 heteroatoms. The molecule has 1 unspecified atom stereocenters. The summed E-state index contributed by atoms with van der Waals surface area (Å²) in [4.78, 5) is 10.4. The summed E-state index contributed by atoms with van der Waals surface area (Å²) in [7, 11) is 4.55. The van der Waals surface area contributed by atoms with E-state index in [1.165, 1.54) is 71.6 Å². The van der Waals surface area contributed by atoms with E-state index in [9.17, 15) is 0 Å². The lowest BCUT2D eigenvalue weighted by Gasteiger charge is -2.40. The third kappa shape index (κ3) is 3.69. The van der Waals surface area contributed by atoms with E-state index in [4.69, 9.17) is 0 Å². The van der Waals surface area contributed by atoms with Gasteiger partial charge in [-0.3, -0.25) is 4.90 Å². The molecule has 1 saturated carbocycles. The lowest BCUT2D eigenvalue weighted by molar-refractivity contribution is 0.0827. The van der Waals surface area contributed by atoms with Gasteiger partial charge in [-0.1, -0.05) is 0 Å². The van der Waals surface area contributed by atoms with E-state index in [1.807, 2.05) is 0 Å². The lowest BCUT2D eigenvalue weighted by atomic mass is 10.1. The van der Waals surface area contributed by atoms with Crippen LogP contribution in [0.1, 0.15) is 19.3 Å². The summed E-state index contributed by atoms with van der Waals surface area (Å²) in [5, 5.41) is 0. The van der Waals surface area contributed by atoms with Crippen LogP contribution in [0.25, 0.3) is 0 Å². The van der Waals surface area contributed by atoms with Crippen LogP contribution in [0, 0.1) is 0 Å². The summed E-state index contributed by atoms with van der Waals surface area (Å²) in [6, 6.07) is 1.72. The van der Waals surface area contributed by atoms with Crippen LogP contribution < -0.4 is 0 Å². The highest BCUT2D eigenvalue weighted by atomic mass is 15.3. The quantitative estimate of drug-likeness (QED) is 0.730. The summed E-state index contributed by atoms with van der Waals surface area (Å²) < 4.78 is 0. The first-order chi connectivity index (χ1) is 9.22. The molecule has 3 fully saturated rings. The van der Waals surface area contributed by atoms with E-state index in [-0.39, 0.29) is 0 Å². The molecule has 19 heavy (non-hydrogen) atoms. The van der Waals surface area contributed by atoms with E-state index < -0.39 is 0 Å². The molecule has 4 nitrogen and oxygen atoms in total. The Bertz CT molecular complexity index is 284. The van der Waals surface area contributed by atoms with Crippen LogP contribution in [-0.2, 0) is 0 Å². The molecule has 3 rings (SSSR count). The van der Waals surface area contributed by atoms with E-state index >= 15 is 0 Å². The Kier molecular flexibility index (Phi) is 4.42. The largest absolute Gasteiger partial charge is 0.304 e. The molecule has 0 bridgehead atoms. The van der Waals surface area contributed by atoms with E-state index in [1.54, 1.807) is 0 Å². The second-order valence-electron chi connectivity index (χ2n) is 6.79. The van der Waals surface area contributed by atoms with Crippen molar-refractivity contribution in [3.8, 4) is 0 Å². The third-order valence-electron chi connectivity index (χ3n) is 5.23. The van der Waals surface area contributed by atoms with Crippen molar-refractivity contribution in [3.63, 3.8) is 0 Å². The Morgan fingerprint density at radius 1 is 0.895 bits per heavy atom. The number of piperazine rings is 2. The van der Waals surface area contributed by atoms with E-state index in [0.717, 1.165) is 12.1 Å². The van der Waals surface area contributed by atoms with Gasteiger partial charge in [-0.05, 0) is 39.9 Å². The third-order valence-corrected chi connectivity index (χ3v) is 5.23. The van der Waals surface area contributed by atoms with Gasteiger partial charge in [0.2, 0.25) is 0 Å². The molecule has 110 valence electrons. The zero-order valence-corrected chi connectivity index (χ0v) is 12.7. The van der Waals surface area contributed by atoms with Crippen LogP contribution in [0.2, 0.25) is 0 Å². The van der Waals surface area contributed by atoms with Gasteiger partial charge in [0, 0.05) is 57.9 Å². The zero-order chi connectivity index (χ0) is 13.2. The molecule has 0 amide bonds. The van der Waals surface area contributed by atoms with Gasteiger partial charge in [0.05, 0.1) is 0 Å². The topological polar surface area (TPSA) is 13.0 Å². The van der Waals surface area contributed by atoms with Crippen molar-refractivity contribution in [2.75, 3.05) is 66.5 Å². The predicted molar refractivity (Wildman–Crippen MR) is 79.6 cm³/mol. The minimum Gasteiger partial charge on any atom is -0.304 e. The van der Waals surface area contributed by atoms with Gasteiger partial charge in [0.25, 0.3) is 0 Å². The average Bonchev–Trinajstić information content (AvgIpc) is 3.25. The van der Waals surface area contributed by atoms with Crippen molar-refractivity contribution in [2.45, 2.75) is 31.3 Å². The second kappa shape index (κ2) is 6.08. The number of hydrogen-bond donors (Lipinski definition) is 0. The fourth-order valence-corrected chi connectivity index (χ4v) is 3.54. The Labute approximate surface area is 118 Å². The number of nitrogens with zero attached hydrogens (tertiary/aromatic N) is 4. The number of rotatable bonds is 4. The Morgan fingerprint density at radius 2 is 1.63 bits per heavy atom. The predicted octanol–water partition coefficient (Wildman–Crippen LogP) is 0.402. The molecule has 0 radical (unpaired) electrons. The molecule has 3 aliphatic rings. The molecular weight excluding hydrogens is 236 g/mol. The van der Waals surface area contributed by atoms with Crippen molar-refractivity contribution >= 4 is 0 Å². The first kappa shape index (κ1) is 13.8. The fourth-order valence-electron chi connectivity index (χ4n) is 3.54. The molecule has 0 aromatic heterocycles. The molecule has 2 aliphatic heterocycles. The van der Waals surface area contributed by atoms with Gasteiger partial charge in [-0.15, -0.1) is 0 Å². The summed E-state index contributed by atoms with van der Waals surface area (Å²) in [6.45, 7) is 10.2. The maximum atomic E-state index is 2.71. The van der Waals surface area contributed by atoms with Crippen molar-refractivity contribution < 1.29 is 0 Å². The Balaban J connectivity index is 1.37. The second-order valence-corrected chi connectivity index (χ2v) is 6.79. The molecular formula is C15H30N4. The summed E-state index contributed by atoms with van der Waals surface area (Å²) in [6.07, 6.45) is 4.25.